The molecule has 0 saturated carbocycles. The first kappa shape index (κ1) is 11.4. The number of amidine groups is 1. The van der Waals surface area contributed by atoms with Crippen LogP contribution in [0.25, 0.3) is 0 Å². The Kier molecular flexibility index (Phi) is 4.03. The second kappa shape index (κ2) is 5.29. The number of aliphatic imine (C=N–C) groups is 1. The molecule has 0 fully saturated rings. The molecular formula is C9H9ClN4O. The SMILES string of the molecule is CC(=NC#N)N(O)Cc1ccc(Cl)nc1. The van der Waals surface area contributed by atoms with Crippen molar-refractivity contribution in [2.75, 3.05) is 0 Å². The van der Waals surface area contributed by atoms with Crippen LogP contribution in [0.4, 0.5) is 0 Å². The fourth-order valence-corrected chi connectivity index (χ4v) is 1.03. The van der Waals surface area contributed by atoms with Gasteiger partial charge >= 0.3 is 0 Å². The number of rotatable bonds is 2. The topological polar surface area (TPSA) is 72.5 Å². The molecule has 0 aliphatic heterocycles. The van der Waals surface area contributed by atoms with E-state index in [0.717, 1.165) is 10.6 Å². The quantitative estimate of drug-likeness (QED) is 0.273. The summed E-state index contributed by atoms with van der Waals surface area (Å²) in [5.41, 5.74) is 0.773. The van der Waals surface area contributed by atoms with Crippen molar-refractivity contribution in [1.29, 1.82) is 5.26 Å². The highest BCUT2D eigenvalue weighted by molar-refractivity contribution is 6.29. The number of halogens is 1. The van der Waals surface area contributed by atoms with E-state index in [-0.39, 0.29) is 12.4 Å². The van der Waals surface area contributed by atoms with Crippen LogP contribution in [0.5, 0.6) is 0 Å². The van der Waals surface area contributed by atoms with E-state index in [1.54, 1.807) is 24.5 Å². The summed E-state index contributed by atoms with van der Waals surface area (Å²) in [6.07, 6.45) is 3.14. The minimum atomic E-state index is 0.210. The van der Waals surface area contributed by atoms with Gasteiger partial charge in [0.25, 0.3) is 0 Å². The lowest BCUT2D eigenvalue weighted by Gasteiger charge is -2.14. The van der Waals surface area contributed by atoms with Crippen molar-refractivity contribution in [3.8, 4) is 6.19 Å². The summed E-state index contributed by atoms with van der Waals surface area (Å²) < 4.78 is 0. The summed E-state index contributed by atoms with van der Waals surface area (Å²) in [5, 5.41) is 19.0. The highest BCUT2D eigenvalue weighted by atomic mass is 35.5. The predicted molar refractivity (Wildman–Crippen MR) is 55.3 cm³/mol. The van der Waals surface area contributed by atoms with Crippen molar-refractivity contribution < 1.29 is 5.21 Å². The number of hydroxylamine groups is 2. The minimum Gasteiger partial charge on any atom is -0.287 e. The second-order valence-electron chi connectivity index (χ2n) is 2.81. The van der Waals surface area contributed by atoms with E-state index in [1.165, 1.54) is 6.92 Å². The molecule has 0 bridgehead atoms. The van der Waals surface area contributed by atoms with Crippen LogP contribution in [0.2, 0.25) is 5.15 Å². The molecule has 0 spiro atoms. The summed E-state index contributed by atoms with van der Waals surface area (Å²) >= 11 is 5.61. The number of nitrogens with zero attached hydrogens (tertiary/aromatic N) is 4. The average Bonchev–Trinajstić information content (AvgIpc) is 2.22. The Balaban J connectivity index is 2.67. The second-order valence-corrected chi connectivity index (χ2v) is 3.19. The van der Waals surface area contributed by atoms with Gasteiger partial charge in [0.05, 0.1) is 6.54 Å². The van der Waals surface area contributed by atoms with Crippen molar-refractivity contribution in [1.82, 2.24) is 10.0 Å². The van der Waals surface area contributed by atoms with Gasteiger partial charge in [0.15, 0.2) is 0 Å². The van der Waals surface area contributed by atoms with E-state index >= 15 is 0 Å². The number of aromatic nitrogens is 1. The average molecular weight is 225 g/mol. The van der Waals surface area contributed by atoms with E-state index in [1.807, 2.05) is 0 Å². The van der Waals surface area contributed by atoms with Crippen LogP contribution in [0.1, 0.15) is 12.5 Å². The Hall–Kier alpha value is -1.64. The van der Waals surface area contributed by atoms with Gasteiger partial charge in [-0.1, -0.05) is 17.7 Å². The molecule has 6 heteroatoms. The molecule has 0 amide bonds. The third kappa shape index (κ3) is 3.54. The first-order valence-corrected chi connectivity index (χ1v) is 4.51. The van der Waals surface area contributed by atoms with E-state index in [4.69, 9.17) is 16.9 Å². The molecule has 1 rings (SSSR count). The van der Waals surface area contributed by atoms with Gasteiger partial charge in [-0.3, -0.25) is 5.21 Å². The molecule has 0 unspecified atom stereocenters. The lowest BCUT2D eigenvalue weighted by atomic mass is 10.3. The molecule has 5 nitrogen and oxygen atoms in total. The molecule has 1 N–H and O–H groups in total. The van der Waals surface area contributed by atoms with Crippen molar-refractivity contribution in [3.63, 3.8) is 0 Å². The first-order valence-electron chi connectivity index (χ1n) is 4.13. The molecule has 1 aromatic rings. The van der Waals surface area contributed by atoms with Gasteiger partial charge in [-0.2, -0.15) is 10.3 Å². The molecule has 15 heavy (non-hydrogen) atoms. The Morgan fingerprint density at radius 3 is 3.00 bits per heavy atom. The normalized spacial score (nSPS) is 10.9. The number of hydrogen-bond donors (Lipinski definition) is 1. The van der Waals surface area contributed by atoms with Gasteiger partial charge in [0, 0.05) is 6.20 Å². The van der Waals surface area contributed by atoms with Crippen LogP contribution in [0.15, 0.2) is 23.3 Å². The lowest BCUT2D eigenvalue weighted by molar-refractivity contribution is -0.0235. The number of hydrogen-bond acceptors (Lipinski definition) is 4. The number of pyridine rings is 1. The van der Waals surface area contributed by atoms with Crippen LogP contribution in [0.3, 0.4) is 0 Å². The molecule has 0 aliphatic rings. The molecule has 0 radical (unpaired) electrons. The zero-order chi connectivity index (χ0) is 11.3. The molecule has 1 aromatic heterocycles. The summed E-state index contributed by atoms with van der Waals surface area (Å²) in [7, 11) is 0. The molecule has 0 atom stereocenters. The molecular weight excluding hydrogens is 216 g/mol. The summed E-state index contributed by atoms with van der Waals surface area (Å²) in [4.78, 5) is 7.25. The van der Waals surface area contributed by atoms with Gasteiger partial charge in [0.1, 0.15) is 11.0 Å². The van der Waals surface area contributed by atoms with Crippen molar-refractivity contribution in [2.24, 2.45) is 4.99 Å². The third-order valence-electron chi connectivity index (χ3n) is 1.71. The highest BCUT2D eigenvalue weighted by Crippen LogP contribution is 2.07. The maximum Gasteiger partial charge on any atom is 0.207 e. The standard InChI is InChI=1S/C9H9ClN4O/c1-7(13-6-11)14(15)5-8-2-3-9(10)12-4-8/h2-4,15H,5H2,1H3. The van der Waals surface area contributed by atoms with E-state index < -0.39 is 0 Å². The first-order chi connectivity index (χ1) is 7.13. The molecule has 0 saturated heterocycles. The summed E-state index contributed by atoms with van der Waals surface area (Å²) in [6, 6.07) is 3.36. The van der Waals surface area contributed by atoms with Gasteiger partial charge in [0.2, 0.25) is 6.19 Å². The predicted octanol–water partition coefficient (Wildman–Crippen LogP) is 1.83. The van der Waals surface area contributed by atoms with E-state index in [9.17, 15) is 5.21 Å². The monoisotopic (exact) mass is 224 g/mol. The smallest absolute Gasteiger partial charge is 0.207 e. The van der Waals surface area contributed by atoms with Crippen LogP contribution in [-0.2, 0) is 6.54 Å². The summed E-state index contributed by atoms with van der Waals surface area (Å²) in [6.45, 7) is 1.74. The molecule has 1 heterocycles. The van der Waals surface area contributed by atoms with Gasteiger partial charge in [-0.05, 0) is 18.6 Å². The van der Waals surface area contributed by atoms with Gasteiger partial charge < -0.3 is 0 Å². The maximum absolute atomic E-state index is 9.46. The van der Waals surface area contributed by atoms with Crippen molar-refractivity contribution in [2.45, 2.75) is 13.5 Å². The Morgan fingerprint density at radius 1 is 1.73 bits per heavy atom. The van der Waals surface area contributed by atoms with Crippen LogP contribution >= 0.6 is 11.6 Å². The van der Waals surface area contributed by atoms with E-state index in [0.29, 0.717) is 5.15 Å². The zero-order valence-electron chi connectivity index (χ0n) is 8.05. The molecule has 0 aromatic carbocycles. The maximum atomic E-state index is 9.46. The highest BCUT2D eigenvalue weighted by Gasteiger charge is 2.04. The van der Waals surface area contributed by atoms with Gasteiger partial charge in [-0.25, -0.2) is 10.0 Å². The Morgan fingerprint density at radius 2 is 2.47 bits per heavy atom. The van der Waals surface area contributed by atoms with E-state index in [2.05, 4.69) is 9.98 Å². The molecule has 0 aliphatic carbocycles. The fraction of sp³-hybridized carbons (Fsp3) is 0.222. The largest absolute Gasteiger partial charge is 0.287 e. The van der Waals surface area contributed by atoms with Crippen LogP contribution < -0.4 is 0 Å². The minimum absolute atomic E-state index is 0.210. The lowest BCUT2D eigenvalue weighted by Crippen LogP contribution is -2.24. The fourth-order valence-electron chi connectivity index (χ4n) is 0.917. The van der Waals surface area contributed by atoms with Crippen molar-refractivity contribution >= 4 is 17.4 Å². The van der Waals surface area contributed by atoms with Crippen molar-refractivity contribution in [3.05, 3.63) is 29.0 Å². The Labute approximate surface area is 92.2 Å². The third-order valence-corrected chi connectivity index (χ3v) is 1.93. The Bertz CT molecular complexity index is 396. The van der Waals surface area contributed by atoms with Gasteiger partial charge in [-0.15, -0.1) is 0 Å². The zero-order valence-corrected chi connectivity index (χ0v) is 8.81. The number of nitriles is 1. The van der Waals surface area contributed by atoms with Crippen LogP contribution in [0, 0.1) is 11.5 Å². The molecule has 78 valence electrons. The van der Waals surface area contributed by atoms with Crippen LogP contribution in [-0.4, -0.2) is 21.1 Å². The summed E-state index contributed by atoms with van der Waals surface area (Å²) in [5.74, 6) is 0.229.